The molecule has 4 aromatic rings. The molecule has 0 fully saturated rings. The number of methoxy groups -OCH3 is 2. The van der Waals surface area contributed by atoms with Gasteiger partial charge >= 0.3 is 5.97 Å². The average molecular weight is 485 g/mol. The fourth-order valence-corrected chi connectivity index (χ4v) is 3.98. The van der Waals surface area contributed by atoms with Crippen molar-refractivity contribution in [2.24, 2.45) is 0 Å². The summed E-state index contributed by atoms with van der Waals surface area (Å²) in [6, 6.07) is 25.6. The van der Waals surface area contributed by atoms with Crippen molar-refractivity contribution < 1.29 is 19.1 Å². The molecule has 3 N–H and O–H groups in total. The van der Waals surface area contributed by atoms with Gasteiger partial charge in [-0.05, 0) is 61.0 Å². The van der Waals surface area contributed by atoms with Crippen molar-refractivity contribution in [1.29, 1.82) is 0 Å². The molecule has 3 aromatic carbocycles. The Balaban J connectivity index is 1.53. The van der Waals surface area contributed by atoms with Crippen LogP contribution < -0.4 is 15.8 Å². The highest BCUT2D eigenvalue weighted by atomic mass is 16.5. The molecule has 1 amide bonds. The van der Waals surface area contributed by atoms with Crippen molar-refractivity contribution in [3.8, 4) is 22.7 Å². The Morgan fingerprint density at radius 3 is 2.25 bits per heavy atom. The number of carbonyl (C=O) groups is 2. The molecule has 36 heavy (non-hydrogen) atoms. The van der Waals surface area contributed by atoms with Crippen molar-refractivity contribution in [3.05, 3.63) is 96.1 Å². The van der Waals surface area contributed by atoms with E-state index in [0.717, 1.165) is 16.9 Å². The van der Waals surface area contributed by atoms with E-state index in [1.165, 1.54) is 7.11 Å². The lowest BCUT2D eigenvalue weighted by molar-refractivity contribution is -0.147. The van der Waals surface area contributed by atoms with E-state index >= 15 is 0 Å². The van der Waals surface area contributed by atoms with Gasteiger partial charge in [0.05, 0.1) is 25.6 Å². The molecule has 4 rings (SSSR count). The minimum Gasteiger partial charge on any atom is -0.497 e. The van der Waals surface area contributed by atoms with Crippen LogP contribution in [0.1, 0.15) is 22.8 Å². The molecule has 0 aliphatic rings. The van der Waals surface area contributed by atoms with E-state index in [-0.39, 0.29) is 0 Å². The zero-order valence-electron chi connectivity index (χ0n) is 20.4. The van der Waals surface area contributed by atoms with E-state index in [2.05, 4.69) is 10.4 Å². The Bertz CT molecular complexity index is 1350. The Morgan fingerprint density at radius 2 is 1.64 bits per heavy atom. The Hall–Kier alpha value is -4.59. The second-order valence-electron chi connectivity index (χ2n) is 8.58. The molecular formula is C28H28N4O4. The maximum atomic E-state index is 13.1. The van der Waals surface area contributed by atoms with Crippen LogP contribution in [0.3, 0.4) is 0 Å². The lowest BCUT2D eigenvalue weighted by atomic mass is 9.92. The number of hydrogen-bond donors (Lipinski definition) is 2. The zero-order chi connectivity index (χ0) is 25.7. The fraction of sp³-hybridized carbons (Fsp3) is 0.179. The van der Waals surface area contributed by atoms with Gasteiger partial charge < -0.3 is 20.5 Å². The summed E-state index contributed by atoms with van der Waals surface area (Å²) in [7, 11) is 2.92. The minimum absolute atomic E-state index is 0.294. The zero-order valence-corrected chi connectivity index (χ0v) is 20.4. The lowest BCUT2D eigenvalue weighted by Crippen LogP contribution is -2.54. The van der Waals surface area contributed by atoms with Crippen LogP contribution in [-0.4, -0.2) is 41.4 Å². The minimum atomic E-state index is -1.23. The number of benzene rings is 3. The summed E-state index contributed by atoms with van der Waals surface area (Å²) < 4.78 is 11.8. The summed E-state index contributed by atoms with van der Waals surface area (Å²) in [5, 5.41) is 7.45. The van der Waals surface area contributed by atoms with Crippen molar-refractivity contribution in [3.63, 3.8) is 0 Å². The standard InChI is InChI=1S/C28H28N4O4/c1-28(27(34)36-3,18-19-7-5-4-6-8-19)30-26(33)21-9-13-22(14-10-21)32-25(29)17-24(31-32)20-11-15-23(35-2)16-12-20/h4-17H,18,29H2,1-3H3,(H,30,33). The largest absolute Gasteiger partial charge is 0.497 e. The van der Waals surface area contributed by atoms with Gasteiger partial charge in [-0.1, -0.05) is 30.3 Å². The smallest absolute Gasteiger partial charge is 0.331 e. The SMILES string of the molecule is COC(=O)C(C)(Cc1ccccc1)NC(=O)c1ccc(-n2nc(-c3ccc(OC)cc3)cc2N)cc1. The first-order valence-electron chi connectivity index (χ1n) is 11.4. The molecule has 0 aliphatic carbocycles. The number of nitrogen functional groups attached to an aromatic ring is 1. The van der Waals surface area contributed by atoms with E-state index in [1.54, 1.807) is 49.0 Å². The quantitative estimate of drug-likeness (QED) is 0.366. The summed E-state index contributed by atoms with van der Waals surface area (Å²) in [5.74, 6) is 0.302. The highest BCUT2D eigenvalue weighted by molar-refractivity contribution is 5.98. The third kappa shape index (κ3) is 5.22. The van der Waals surface area contributed by atoms with Gasteiger partial charge in [0.1, 0.15) is 17.1 Å². The molecule has 0 spiro atoms. The number of rotatable bonds is 8. The molecule has 1 heterocycles. The van der Waals surface area contributed by atoms with Crippen LogP contribution in [0.25, 0.3) is 16.9 Å². The molecule has 0 radical (unpaired) electrons. The van der Waals surface area contributed by atoms with Crippen molar-refractivity contribution >= 4 is 17.7 Å². The molecular weight excluding hydrogens is 456 g/mol. The molecule has 0 aliphatic heterocycles. The summed E-state index contributed by atoms with van der Waals surface area (Å²) >= 11 is 0. The number of amides is 1. The molecule has 8 heteroatoms. The molecule has 1 atom stereocenters. The van der Waals surface area contributed by atoms with Crippen LogP contribution in [0.5, 0.6) is 5.75 Å². The van der Waals surface area contributed by atoms with Crippen LogP contribution >= 0.6 is 0 Å². The fourth-order valence-electron chi connectivity index (χ4n) is 3.98. The second kappa shape index (κ2) is 10.4. The molecule has 1 aromatic heterocycles. The number of carbonyl (C=O) groups excluding carboxylic acids is 2. The maximum absolute atomic E-state index is 13.1. The molecule has 1 unspecified atom stereocenters. The Kier molecular flexibility index (Phi) is 7.05. The normalized spacial score (nSPS) is 12.4. The number of hydrogen-bond acceptors (Lipinski definition) is 6. The van der Waals surface area contributed by atoms with Gasteiger partial charge in [0.25, 0.3) is 5.91 Å². The summed E-state index contributed by atoms with van der Waals surface area (Å²) in [4.78, 5) is 25.6. The van der Waals surface area contributed by atoms with Gasteiger partial charge in [0, 0.05) is 23.6 Å². The first-order chi connectivity index (χ1) is 17.3. The van der Waals surface area contributed by atoms with E-state index in [9.17, 15) is 9.59 Å². The number of nitrogens with zero attached hydrogens (tertiary/aromatic N) is 2. The van der Waals surface area contributed by atoms with Gasteiger partial charge in [-0.2, -0.15) is 5.10 Å². The van der Waals surface area contributed by atoms with Crippen LogP contribution in [0.2, 0.25) is 0 Å². The lowest BCUT2D eigenvalue weighted by Gasteiger charge is -2.28. The molecule has 0 saturated carbocycles. The van der Waals surface area contributed by atoms with E-state index in [1.807, 2.05) is 54.6 Å². The number of anilines is 1. The van der Waals surface area contributed by atoms with E-state index in [0.29, 0.717) is 29.2 Å². The van der Waals surface area contributed by atoms with Gasteiger partial charge in [-0.25, -0.2) is 9.48 Å². The monoisotopic (exact) mass is 484 g/mol. The van der Waals surface area contributed by atoms with Crippen LogP contribution in [-0.2, 0) is 16.0 Å². The maximum Gasteiger partial charge on any atom is 0.331 e. The van der Waals surface area contributed by atoms with Crippen LogP contribution in [0, 0.1) is 0 Å². The second-order valence-corrected chi connectivity index (χ2v) is 8.58. The van der Waals surface area contributed by atoms with Gasteiger partial charge in [-0.3, -0.25) is 4.79 Å². The molecule has 0 bridgehead atoms. The van der Waals surface area contributed by atoms with Crippen LogP contribution in [0.15, 0.2) is 84.9 Å². The van der Waals surface area contributed by atoms with Crippen LogP contribution in [0.4, 0.5) is 5.82 Å². The highest BCUT2D eigenvalue weighted by Gasteiger charge is 2.36. The number of ether oxygens (including phenoxy) is 2. The molecule has 0 saturated heterocycles. The topological polar surface area (TPSA) is 108 Å². The van der Waals surface area contributed by atoms with E-state index < -0.39 is 17.4 Å². The Morgan fingerprint density at radius 1 is 0.972 bits per heavy atom. The molecule has 184 valence electrons. The summed E-state index contributed by atoms with van der Waals surface area (Å²) in [6.45, 7) is 1.66. The highest BCUT2D eigenvalue weighted by Crippen LogP contribution is 2.25. The summed E-state index contributed by atoms with van der Waals surface area (Å²) in [6.07, 6.45) is 0.294. The Labute approximate surface area is 209 Å². The third-order valence-electron chi connectivity index (χ3n) is 5.92. The van der Waals surface area contributed by atoms with Gasteiger partial charge in [-0.15, -0.1) is 0 Å². The van der Waals surface area contributed by atoms with E-state index in [4.69, 9.17) is 15.2 Å². The van der Waals surface area contributed by atoms with Crippen molar-refractivity contribution in [1.82, 2.24) is 15.1 Å². The van der Waals surface area contributed by atoms with Gasteiger partial charge in [0.2, 0.25) is 0 Å². The van der Waals surface area contributed by atoms with Gasteiger partial charge in [0.15, 0.2) is 0 Å². The molecule has 8 nitrogen and oxygen atoms in total. The number of esters is 1. The number of nitrogens with one attached hydrogen (secondary N) is 1. The first-order valence-corrected chi connectivity index (χ1v) is 11.4. The van der Waals surface area contributed by atoms with Crippen molar-refractivity contribution in [2.45, 2.75) is 18.9 Å². The average Bonchev–Trinajstić information content (AvgIpc) is 3.30. The predicted molar refractivity (Wildman–Crippen MR) is 138 cm³/mol. The van der Waals surface area contributed by atoms with Crippen molar-refractivity contribution in [2.75, 3.05) is 20.0 Å². The summed E-state index contributed by atoms with van der Waals surface area (Å²) in [5.41, 5.74) is 8.59. The number of nitrogens with two attached hydrogens (primary N) is 1. The third-order valence-corrected chi connectivity index (χ3v) is 5.92. The predicted octanol–water partition coefficient (Wildman–Crippen LogP) is 4.03. The number of aromatic nitrogens is 2. The first kappa shape index (κ1) is 24.5.